The Hall–Kier alpha value is -2.04. The second-order valence-corrected chi connectivity index (χ2v) is 7.21. The lowest BCUT2D eigenvalue weighted by atomic mass is 10.1. The molecule has 0 fully saturated rings. The highest BCUT2D eigenvalue weighted by molar-refractivity contribution is 5.68. The first-order chi connectivity index (χ1) is 11.8. The number of carbonyl (C=O) groups is 2. The smallest absolute Gasteiger partial charge is 0.410 e. The third-order valence-corrected chi connectivity index (χ3v) is 3.81. The number of ether oxygens (including phenoxy) is 2. The summed E-state index contributed by atoms with van der Waals surface area (Å²) < 4.78 is 10.8. The van der Waals surface area contributed by atoms with E-state index in [2.05, 4.69) is 0 Å². The van der Waals surface area contributed by atoms with E-state index in [4.69, 9.17) is 9.47 Å². The van der Waals surface area contributed by atoms with Crippen molar-refractivity contribution in [2.75, 3.05) is 13.7 Å². The fourth-order valence-electron chi connectivity index (χ4n) is 2.45. The zero-order chi connectivity index (χ0) is 18.9. The van der Waals surface area contributed by atoms with Crippen molar-refractivity contribution in [3.63, 3.8) is 0 Å². The van der Waals surface area contributed by atoms with E-state index in [-0.39, 0.29) is 6.09 Å². The van der Waals surface area contributed by atoms with Gasteiger partial charge in [-0.3, -0.25) is 0 Å². The summed E-state index contributed by atoms with van der Waals surface area (Å²) >= 11 is 0. The Balaban J connectivity index is 2.78. The van der Waals surface area contributed by atoms with Gasteiger partial charge in [-0.2, -0.15) is 0 Å². The lowest BCUT2D eigenvalue weighted by Crippen LogP contribution is -2.37. The van der Waals surface area contributed by atoms with E-state index in [1.54, 1.807) is 12.0 Å². The van der Waals surface area contributed by atoms with Crippen molar-refractivity contribution in [2.45, 2.75) is 65.5 Å². The van der Waals surface area contributed by atoms with Crippen LogP contribution in [-0.2, 0) is 16.1 Å². The van der Waals surface area contributed by atoms with Crippen molar-refractivity contribution in [1.29, 1.82) is 0 Å². The summed E-state index contributed by atoms with van der Waals surface area (Å²) in [6.07, 6.45) is 3.82. The van der Waals surface area contributed by atoms with Gasteiger partial charge in [0.2, 0.25) is 0 Å². The minimum Gasteiger partial charge on any atom is -0.497 e. The molecule has 0 heterocycles. The quantitative estimate of drug-likeness (QED) is 0.486. The van der Waals surface area contributed by atoms with Gasteiger partial charge in [0, 0.05) is 19.5 Å². The molecule has 0 atom stereocenters. The molecule has 25 heavy (non-hydrogen) atoms. The zero-order valence-electron chi connectivity index (χ0n) is 16.1. The molecule has 1 aromatic carbocycles. The molecule has 5 heteroatoms. The van der Waals surface area contributed by atoms with Crippen molar-refractivity contribution in [1.82, 2.24) is 4.90 Å². The largest absolute Gasteiger partial charge is 0.497 e. The molecule has 0 unspecified atom stereocenters. The number of carbonyl (C=O) groups excluding carboxylic acids is 2. The normalized spacial score (nSPS) is 11.1. The molecule has 0 saturated heterocycles. The third kappa shape index (κ3) is 8.05. The summed E-state index contributed by atoms with van der Waals surface area (Å²) in [5.74, 6) is 0.805. The number of aryl methyl sites for hydroxylation is 1. The van der Waals surface area contributed by atoms with Gasteiger partial charge in [0.25, 0.3) is 0 Å². The molecule has 0 saturated carbocycles. The maximum atomic E-state index is 12.5. The first-order valence-corrected chi connectivity index (χ1v) is 8.82. The van der Waals surface area contributed by atoms with Crippen molar-refractivity contribution in [3.8, 4) is 5.75 Å². The van der Waals surface area contributed by atoms with Crippen LogP contribution in [0.3, 0.4) is 0 Å². The van der Waals surface area contributed by atoms with Crippen LogP contribution in [0.15, 0.2) is 18.2 Å². The van der Waals surface area contributed by atoms with Crippen molar-refractivity contribution in [2.24, 2.45) is 0 Å². The molecule has 0 aliphatic carbocycles. The first kappa shape index (κ1) is 21.0. The Labute approximate surface area is 151 Å². The van der Waals surface area contributed by atoms with Crippen molar-refractivity contribution >= 4 is 12.4 Å². The number of hydrogen-bond donors (Lipinski definition) is 0. The Kier molecular flexibility index (Phi) is 8.46. The topological polar surface area (TPSA) is 55.8 Å². The van der Waals surface area contributed by atoms with Gasteiger partial charge in [0.05, 0.1) is 7.11 Å². The number of aldehydes is 1. The van der Waals surface area contributed by atoms with Crippen LogP contribution in [-0.4, -0.2) is 36.5 Å². The lowest BCUT2D eigenvalue weighted by Gasteiger charge is -2.28. The number of methoxy groups -OCH3 is 1. The predicted octanol–water partition coefficient (Wildman–Crippen LogP) is 4.50. The van der Waals surface area contributed by atoms with Gasteiger partial charge >= 0.3 is 6.09 Å². The van der Waals surface area contributed by atoms with E-state index >= 15 is 0 Å². The third-order valence-electron chi connectivity index (χ3n) is 3.81. The molecule has 0 aromatic heterocycles. The van der Waals surface area contributed by atoms with E-state index in [0.717, 1.165) is 42.4 Å². The van der Waals surface area contributed by atoms with Crippen LogP contribution in [0, 0.1) is 6.92 Å². The summed E-state index contributed by atoms with van der Waals surface area (Å²) in [6.45, 7) is 8.72. The van der Waals surface area contributed by atoms with E-state index in [1.165, 1.54) is 0 Å². The molecule has 1 amide bonds. The molecule has 5 nitrogen and oxygen atoms in total. The van der Waals surface area contributed by atoms with E-state index in [0.29, 0.717) is 19.5 Å². The lowest BCUT2D eigenvalue weighted by molar-refractivity contribution is -0.107. The first-order valence-electron chi connectivity index (χ1n) is 8.82. The number of unbranched alkanes of at least 4 members (excludes halogenated alkanes) is 3. The van der Waals surface area contributed by atoms with Crippen LogP contribution < -0.4 is 4.74 Å². The van der Waals surface area contributed by atoms with Crippen LogP contribution >= 0.6 is 0 Å². The van der Waals surface area contributed by atoms with Crippen molar-refractivity contribution in [3.05, 3.63) is 29.3 Å². The van der Waals surface area contributed by atoms with Gasteiger partial charge in [-0.05, 0) is 63.8 Å². The fraction of sp³-hybridized carbons (Fsp3) is 0.600. The van der Waals surface area contributed by atoms with E-state index in [1.807, 2.05) is 45.9 Å². The molecule has 0 aliphatic rings. The van der Waals surface area contributed by atoms with E-state index < -0.39 is 5.60 Å². The maximum Gasteiger partial charge on any atom is 0.410 e. The monoisotopic (exact) mass is 349 g/mol. The highest BCUT2D eigenvalue weighted by atomic mass is 16.6. The summed E-state index contributed by atoms with van der Waals surface area (Å²) in [4.78, 5) is 24.7. The summed E-state index contributed by atoms with van der Waals surface area (Å²) in [7, 11) is 1.64. The van der Waals surface area contributed by atoms with Crippen LogP contribution in [0.2, 0.25) is 0 Å². The van der Waals surface area contributed by atoms with Gasteiger partial charge in [-0.1, -0.05) is 12.5 Å². The predicted molar refractivity (Wildman–Crippen MR) is 98.9 cm³/mol. The van der Waals surface area contributed by atoms with Crippen LogP contribution in [0.5, 0.6) is 5.75 Å². The molecule has 0 N–H and O–H groups in total. The Morgan fingerprint density at radius 2 is 1.92 bits per heavy atom. The Morgan fingerprint density at radius 1 is 1.20 bits per heavy atom. The van der Waals surface area contributed by atoms with Crippen molar-refractivity contribution < 1.29 is 19.1 Å². The van der Waals surface area contributed by atoms with Crippen LogP contribution in [0.1, 0.15) is 57.6 Å². The molecule has 1 rings (SSSR count). The van der Waals surface area contributed by atoms with Gasteiger partial charge in [-0.15, -0.1) is 0 Å². The molecule has 1 aromatic rings. The van der Waals surface area contributed by atoms with Gasteiger partial charge in [0.1, 0.15) is 17.6 Å². The number of benzene rings is 1. The summed E-state index contributed by atoms with van der Waals surface area (Å²) in [5.41, 5.74) is 1.62. The van der Waals surface area contributed by atoms with E-state index in [9.17, 15) is 9.59 Å². The second kappa shape index (κ2) is 10.1. The minimum atomic E-state index is -0.526. The van der Waals surface area contributed by atoms with Gasteiger partial charge in [0.15, 0.2) is 0 Å². The number of rotatable bonds is 9. The summed E-state index contributed by atoms with van der Waals surface area (Å²) in [6, 6.07) is 5.85. The average Bonchev–Trinajstić information content (AvgIpc) is 2.53. The molecule has 0 bridgehead atoms. The molecular formula is C20H31NO4. The van der Waals surface area contributed by atoms with Gasteiger partial charge < -0.3 is 19.2 Å². The minimum absolute atomic E-state index is 0.307. The molecular weight excluding hydrogens is 318 g/mol. The molecule has 140 valence electrons. The van der Waals surface area contributed by atoms with Gasteiger partial charge in [-0.25, -0.2) is 4.79 Å². The molecule has 0 spiro atoms. The average molecular weight is 349 g/mol. The Bertz CT molecular complexity index is 563. The fourth-order valence-corrected chi connectivity index (χ4v) is 2.45. The number of nitrogens with zero attached hydrogens (tertiary/aromatic N) is 1. The Morgan fingerprint density at radius 3 is 2.48 bits per heavy atom. The SMILES string of the molecule is COc1ccc(CN(CCCCCC=O)C(=O)OC(C)(C)C)c(C)c1. The van der Waals surface area contributed by atoms with Crippen LogP contribution in [0.4, 0.5) is 4.79 Å². The zero-order valence-corrected chi connectivity index (χ0v) is 16.1. The number of amides is 1. The number of hydrogen-bond acceptors (Lipinski definition) is 4. The maximum absolute atomic E-state index is 12.5. The molecule has 0 radical (unpaired) electrons. The molecule has 0 aliphatic heterocycles. The highest BCUT2D eigenvalue weighted by Gasteiger charge is 2.22. The second-order valence-electron chi connectivity index (χ2n) is 7.21. The summed E-state index contributed by atoms with van der Waals surface area (Å²) in [5, 5.41) is 0. The highest BCUT2D eigenvalue weighted by Crippen LogP contribution is 2.20. The van der Waals surface area contributed by atoms with Crippen LogP contribution in [0.25, 0.3) is 0 Å². The standard InChI is InChI=1S/C20H31NO4/c1-16-14-18(24-5)11-10-17(16)15-21(12-8-6-7-9-13-22)19(23)25-20(2,3)4/h10-11,13-14H,6-9,12,15H2,1-5H3.